The summed E-state index contributed by atoms with van der Waals surface area (Å²) < 4.78 is 4.58. The predicted molar refractivity (Wildman–Crippen MR) is 91.3 cm³/mol. The quantitative estimate of drug-likeness (QED) is 0.582. The van der Waals surface area contributed by atoms with E-state index in [9.17, 15) is 0 Å². The molecule has 2 heteroatoms. The van der Waals surface area contributed by atoms with Crippen LogP contribution in [0, 0.1) is 26.2 Å². The Morgan fingerprint density at radius 2 is 1.91 bits per heavy atom. The van der Waals surface area contributed by atoms with Crippen LogP contribution < -0.4 is 4.57 Å². The standard InChI is InChI=1S/C20H27N2/c1-16-13-17(2)19(18(3)14-16)22-12-11-21(15-22)10-9-20(4)7-5-6-8-20/h5,7,11-15H,6,8-10H2,1-4H3/q+1. The van der Waals surface area contributed by atoms with Crippen molar-refractivity contribution in [1.29, 1.82) is 0 Å². The molecule has 3 rings (SSSR count). The summed E-state index contributed by atoms with van der Waals surface area (Å²) in [7, 11) is 0. The number of benzene rings is 1. The van der Waals surface area contributed by atoms with Gasteiger partial charge in [-0.3, -0.25) is 0 Å². The van der Waals surface area contributed by atoms with E-state index in [1.807, 2.05) is 0 Å². The Morgan fingerprint density at radius 3 is 2.55 bits per heavy atom. The summed E-state index contributed by atoms with van der Waals surface area (Å²) in [6, 6.07) is 4.52. The molecule has 1 aliphatic carbocycles. The van der Waals surface area contributed by atoms with Crippen molar-refractivity contribution in [2.75, 3.05) is 0 Å². The maximum absolute atomic E-state index is 2.40. The van der Waals surface area contributed by atoms with Crippen LogP contribution in [0.3, 0.4) is 0 Å². The number of allylic oxidation sites excluding steroid dienone is 2. The molecule has 2 nitrogen and oxygen atoms in total. The lowest BCUT2D eigenvalue weighted by Crippen LogP contribution is -2.33. The molecule has 1 atom stereocenters. The molecule has 0 saturated carbocycles. The van der Waals surface area contributed by atoms with Gasteiger partial charge in [0.15, 0.2) is 0 Å². The molecule has 1 aromatic heterocycles. The van der Waals surface area contributed by atoms with E-state index in [0.29, 0.717) is 5.41 Å². The van der Waals surface area contributed by atoms with Crippen LogP contribution in [-0.2, 0) is 6.54 Å². The number of rotatable bonds is 4. The lowest BCUT2D eigenvalue weighted by Gasteiger charge is -2.19. The molecule has 2 aromatic rings. The average molecular weight is 295 g/mol. The van der Waals surface area contributed by atoms with Crippen LogP contribution in [0.15, 0.2) is 43.0 Å². The maximum Gasteiger partial charge on any atom is 0.248 e. The number of imidazole rings is 1. The second kappa shape index (κ2) is 5.75. The zero-order valence-corrected chi connectivity index (χ0v) is 14.3. The van der Waals surface area contributed by atoms with Gasteiger partial charge in [0.2, 0.25) is 6.33 Å². The third-order valence-corrected chi connectivity index (χ3v) is 4.93. The van der Waals surface area contributed by atoms with Crippen molar-refractivity contribution in [3.05, 3.63) is 59.7 Å². The molecule has 0 saturated heterocycles. The van der Waals surface area contributed by atoms with Crippen LogP contribution >= 0.6 is 0 Å². The van der Waals surface area contributed by atoms with Crippen LogP contribution in [0.25, 0.3) is 5.69 Å². The third-order valence-electron chi connectivity index (χ3n) is 4.93. The molecular formula is C20H27N2+. The third kappa shape index (κ3) is 3.01. The van der Waals surface area contributed by atoms with Gasteiger partial charge in [0, 0.05) is 0 Å². The highest BCUT2D eigenvalue weighted by Gasteiger charge is 2.24. The molecule has 0 radical (unpaired) electrons. The first-order valence-corrected chi connectivity index (χ1v) is 8.30. The van der Waals surface area contributed by atoms with E-state index < -0.39 is 0 Å². The smallest absolute Gasteiger partial charge is 0.236 e. The summed E-state index contributed by atoms with van der Waals surface area (Å²) in [5.41, 5.74) is 5.72. The van der Waals surface area contributed by atoms with Crippen molar-refractivity contribution in [2.24, 2.45) is 5.41 Å². The minimum Gasteiger partial charge on any atom is -0.236 e. The molecule has 116 valence electrons. The Kier molecular flexibility index (Phi) is 3.94. The molecule has 22 heavy (non-hydrogen) atoms. The van der Waals surface area contributed by atoms with E-state index >= 15 is 0 Å². The number of nitrogens with zero attached hydrogens (tertiary/aromatic N) is 2. The van der Waals surface area contributed by atoms with Gasteiger partial charge < -0.3 is 0 Å². The van der Waals surface area contributed by atoms with Crippen molar-refractivity contribution >= 4 is 0 Å². The Morgan fingerprint density at radius 1 is 1.18 bits per heavy atom. The zero-order chi connectivity index (χ0) is 15.7. The molecular weight excluding hydrogens is 268 g/mol. The summed E-state index contributed by atoms with van der Waals surface area (Å²) in [5.74, 6) is 0. The summed E-state index contributed by atoms with van der Waals surface area (Å²) in [5, 5.41) is 0. The molecule has 0 spiro atoms. The second-order valence-corrected chi connectivity index (χ2v) is 7.15. The van der Waals surface area contributed by atoms with Gasteiger partial charge in [0.1, 0.15) is 18.1 Å². The van der Waals surface area contributed by atoms with Crippen LogP contribution in [-0.4, -0.2) is 4.57 Å². The van der Waals surface area contributed by atoms with E-state index in [0.717, 1.165) is 6.54 Å². The molecule has 1 heterocycles. The summed E-state index contributed by atoms with van der Waals surface area (Å²) in [6.07, 6.45) is 15.1. The fraction of sp³-hybridized carbons (Fsp3) is 0.450. The Bertz CT molecular complexity index is 685. The zero-order valence-electron chi connectivity index (χ0n) is 14.3. The van der Waals surface area contributed by atoms with Crippen LogP contribution in [0.5, 0.6) is 0 Å². The normalized spacial score (nSPS) is 20.7. The van der Waals surface area contributed by atoms with Gasteiger partial charge in [-0.25, -0.2) is 9.13 Å². The highest BCUT2D eigenvalue weighted by atomic mass is 15.1. The van der Waals surface area contributed by atoms with Gasteiger partial charge in [-0.2, -0.15) is 0 Å². The fourth-order valence-electron chi connectivity index (χ4n) is 3.70. The Labute approximate surface area is 134 Å². The van der Waals surface area contributed by atoms with Gasteiger partial charge in [-0.15, -0.1) is 0 Å². The van der Waals surface area contributed by atoms with E-state index in [-0.39, 0.29) is 0 Å². The van der Waals surface area contributed by atoms with Crippen molar-refractivity contribution in [3.63, 3.8) is 0 Å². The monoisotopic (exact) mass is 295 g/mol. The van der Waals surface area contributed by atoms with E-state index in [4.69, 9.17) is 0 Å². The number of hydrogen-bond donors (Lipinski definition) is 0. The van der Waals surface area contributed by atoms with Crippen LogP contribution in [0.2, 0.25) is 0 Å². The Hall–Kier alpha value is -1.83. The maximum atomic E-state index is 2.40. The predicted octanol–water partition coefficient (Wildman–Crippen LogP) is 4.44. The molecule has 1 aliphatic rings. The molecule has 1 aromatic carbocycles. The largest absolute Gasteiger partial charge is 0.248 e. The van der Waals surface area contributed by atoms with Crippen LogP contribution in [0.1, 0.15) is 42.9 Å². The molecule has 0 fully saturated rings. The van der Waals surface area contributed by atoms with E-state index in [2.05, 4.69) is 79.8 Å². The fourth-order valence-corrected chi connectivity index (χ4v) is 3.70. The highest BCUT2D eigenvalue weighted by molar-refractivity contribution is 5.48. The SMILES string of the molecule is Cc1cc(C)c(-n2cc[n+](CCC3(C)C=CCC3)c2)c(C)c1. The second-order valence-electron chi connectivity index (χ2n) is 7.15. The van der Waals surface area contributed by atoms with Crippen molar-refractivity contribution < 1.29 is 4.57 Å². The summed E-state index contributed by atoms with van der Waals surface area (Å²) >= 11 is 0. The van der Waals surface area contributed by atoms with Gasteiger partial charge in [-0.05, 0) is 56.6 Å². The molecule has 0 bridgehead atoms. The van der Waals surface area contributed by atoms with Crippen LogP contribution in [0.4, 0.5) is 0 Å². The number of hydrogen-bond acceptors (Lipinski definition) is 0. The van der Waals surface area contributed by atoms with Gasteiger partial charge in [0.05, 0.1) is 6.54 Å². The van der Waals surface area contributed by atoms with Gasteiger partial charge >= 0.3 is 0 Å². The minimum atomic E-state index is 0.394. The average Bonchev–Trinajstić information content (AvgIpc) is 3.05. The summed E-state index contributed by atoms with van der Waals surface area (Å²) in [4.78, 5) is 0. The minimum absolute atomic E-state index is 0.394. The van der Waals surface area contributed by atoms with Gasteiger partial charge in [-0.1, -0.05) is 36.8 Å². The van der Waals surface area contributed by atoms with Crippen molar-refractivity contribution in [1.82, 2.24) is 4.57 Å². The number of aromatic nitrogens is 2. The first kappa shape index (κ1) is 15.1. The molecule has 0 amide bonds. The van der Waals surface area contributed by atoms with E-state index in [1.54, 1.807) is 0 Å². The van der Waals surface area contributed by atoms with Gasteiger partial charge in [0.25, 0.3) is 0 Å². The topological polar surface area (TPSA) is 8.81 Å². The first-order chi connectivity index (χ1) is 10.5. The lowest BCUT2D eigenvalue weighted by molar-refractivity contribution is -0.697. The van der Waals surface area contributed by atoms with Crippen molar-refractivity contribution in [3.8, 4) is 5.69 Å². The van der Waals surface area contributed by atoms with E-state index in [1.165, 1.54) is 41.6 Å². The first-order valence-electron chi connectivity index (χ1n) is 8.30. The Balaban J connectivity index is 1.78. The lowest BCUT2D eigenvalue weighted by atomic mass is 9.86. The highest BCUT2D eigenvalue weighted by Crippen LogP contribution is 2.34. The number of aryl methyl sites for hydroxylation is 4. The molecule has 1 unspecified atom stereocenters. The summed E-state index contributed by atoms with van der Waals surface area (Å²) in [6.45, 7) is 10.0. The molecule has 0 N–H and O–H groups in total. The van der Waals surface area contributed by atoms with Crippen molar-refractivity contribution in [2.45, 2.75) is 53.5 Å². The molecule has 0 aliphatic heterocycles.